The van der Waals surface area contributed by atoms with Crippen LogP contribution in [0.4, 0.5) is 0 Å². The van der Waals surface area contributed by atoms with E-state index in [0.717, 1.165) is 50.9 Å². The lowest BCUT2D eigenvalue weighted by Crippen LogP contribution is -2.35. The van der Waals surface area contributed by atoms with E-state index in [1.807, 2.05) is 24.7 Å². The van der Waals surface area contributed by atoms with Crippen LogP contribution in [0.1, 0.15) is 71.9 Å². The van der Waals surface area contributed by atoms with Crippen LogP contribution in [0, 0.1) is 5.92 Å². The Hall–Kier alpha value is -1.31. The number of aromatic nitrogens is 3. The highest BCUT2D eigenvalue weighted by atomic mass is 16.5. The standard InChI is InChI=1S/C21H37N3O4/c1-16(2)21(25)8-6-5-7-10-24-13-18(22-23-24)14-26-15-20-12-19(9-11-27-20)28-17(3)4/h13,16-17,19-20H,5-12,14-15H2,1-4H3/t19-,20-/m1/s1. The van der Waals surface area contributed by atoms with E-state index < -0.39 is 0 Å². The van der Waals surface area contributed by atoms with Gasteiger partial charge in [0.1, 0.15) is 11.5 Å². The molecule has 1 fully saturated rings. The number of ether oxygens (including phenoxy) is 3. The first-order chi connectivity index (χ1) is 13.4. The van der Waals surface area contributed by atoms with Gasteiger partial charge in [0.25, 0.3) is 0 Å². The van der Waals surface area contributed by atoms with Crippen molar-refractivity contribution >= 4 is 5.78 Å². The van der Waals surface area contributed by atoms with E-state index in [4.69, 9.17) is 14.2 Å². The van der Waals surface area contributed by atoms with Gasteiger partial charge in [-0.2, -0.15) is 0 Å². The Bertz CT molecular complexity index is 574. The van der Waals surface area contributed by atoms with Gasteiger partial charge in [-0.3, -0.25) is 9.48 Å². The van der Waals surface area contributed by atoms with Crippen LogP contribution in [0.2, 0.25) is 0 Å². The fourth-order valence-electron chi connectivity index (χ4n) is 3.32. The first kappa shape index (κ1) is 23.0. The molecule has 2 rings (SSSR count). The normalized spacial score (nSPS) is 20.2. The molecule has 0 radical (unpaired) electrons. The quantitative estimate of drug-likeness (QED) is 0.476. The summed E-state index contributed by atoms with van der Waals surface area (Å²) >= 11 is 0. The van der Waals surface area contributed by atoms with Crippen molar-refractivity contribution in [3.8, 4) is 0 Å². The molecule has 1 aromatic rings. The lowest BCUT2D eigenvalue weighted by atomic mass is 10.0. The van der Waals surface area contributed by atoms with Crippen molar-refractivity contribution in [1.29, 1.82) is 0 Å². The zero-order chi connectivity index (χ0) is 20.4. The third-order valence-corrected chi connectivity index (χ3v) is 4.88. The highest BCUT2D eigenvalue weighted by molar-refractivity contribution is 5.80. The number of nitrogens with zero attached hydrogens (tertiary/aromatic N) is 3. The minimum atomic E-state index is 0.0843. The van der Waals surface area contributed by atoms with Crippen LogP contribution < -0.4 is 0 Å². The molecule has 0 aliphatic carbocycles. The van der Waals surface area contributed by atoms with Gasteiger partial charge in [-0.25, -0.2) is 0 Å². The summed E-state index contributed by atoms with van der Waals surface area (Å²) in [5, 5.41) is 8.33. The third kappa shape index (κ3) is 8.80. The number of carbonyl (C=O) groups is 1. The van der Waals surface area contributed by atoms with Crippen LogP contribution in [-0.2, 0) is 32.2 Å². The molecule has 0 amide bonds. The number of rotatable bonds is 13. The molecule has 0 N–H and O–H groups in total. The predicted molar refractivity (Wildman–Crippen MR) is 107 cm³/mol. The molecule has 2 atom stereocenters. The highest BCUT2D eigenvalue weighted by Gasteiger charge is 2.24. The van der Waals surface area contributed by atoms with E-state index in [9.17, 15) is 4.79 Å². The third-order valence-electron chi connectivity index (χ3n) is 4.88. The molecule has 160 valence electrons. The Morgan fingerprint density at radius 3 is 2.86 bits per heavy atom. The molecule has 1 aromatic heterocycles. The average molecular weight is 396 g/mol. The molecule has 0 saturated carbocycles. The van der Waals surface area contributed by atoms with Crippen LogP contribution >= 0.6 is 0 Å². The first-order valence-electron chi connectivity index (χ1n) is 10.7. The fraction of sp³-hybridized carbons (Fsp3) is 0.857. The zero-order valence-corrected chi connectivity index (χ0v) is 17.9. The van der Waals surface area contributed by atoms with Gasteiger partial charge < -0.3 is 14.2 Å². The first-order valence-corrected chi connectivity index (χ1v) is 10.7. The summed E-state index contributed by atoms with van der Waals surface area (Å²) in [5.74, 6) is 0.495. The average Bonchev–Trinajstić information content (AvgIpc) is 3.08. The SMILES string of the molecule is CC(C)O[C@@H]1CCO[C@@H](COCc2cn(CCCCCC(=O)C(C)C)nn2)C1. The molecule has 0 spiro atoms. The van der Waals surface area contributed by atoms with Crippen LogP contribution in [0.25, 0.3) is 0 Å². The van der Waals surface area contributed by atoms with Crippen molar-refractivity contribution in [3.05, 3.63) is 11.9 Å². The second kappa shape index (κ2) is 12.3. The number of unbranched alkanes of at least 4 members (excludes halogenated alkanes) is 2. The number of hydrogen-bond donors (Lipinski definition) is 0. The van der Waals surface area contributed by atoms with Gasteiger partial charge in [0.2, 0.25) is 0 Å². The maximum absolute atomic E-state index is 11.6. The number of Topliss-reactive ketones (excluding diaryl/α,β-unsaturated/α-hetero) is 1. The van der Waals surface area contributed by atoms with Crippen molar-refractivity contribution in [2.75, 3.05) is 13.2 Å². The maximum atomic E-state index is 11.6. The van der Waals surface area contributed by atoms with Crippen molar-refractivity contribution in [1.82, 2.24) is 15.0 Å². The molecular formula is C21H37N3O4. The van der Waals surface area contributed by atoms with E-state index in [-0.39, 0.29) is 24.2 Å². The molecule has 7 nitrogen and oxygen atoms in total. The summed E-state index contributed by atoms with van der Waals surface area (Å²) in [5.41, 5.74) is 0.834. The van der Waals surface area contributed by atoms with Gasteiger partial charge in [0.05, 0.1) is 37.7 Å². The molecule has 0 bridgehead atoms. The van der Waals surface area contributed by atoms with Crippen LogP contribution in [0.3, 0.4) is 0 Å². The Kier molecular flexibility index (Phi) is 10.1. The van der Waals surface area contributed by atoms with Gasteiger partial charge in [-0.05, 0) is 33.1 Å². The maximum Gasteiger partial charge on any atom is 0.135 e. The minimum Gasteiger partial charge on any atom is -0.376 e. The predicted octanol–water partition coefficient (Wildman–Crippen LogP) is 3.55. The molecule has 0 aromatic carbocycles. The van der Waals surface area contributed by atoms with Crippen molar-refractivity contribution in [2.45, 2.75) is 97.7 Å². The van der Waals surface area contributed by atoms with E-state index in [2.05, 4.69) is 24.2 Å². The Labute approximate surface area is 169 Å². The van der Waals surface area contributed by atoms with Gasteiger partial charge in [0.15, 0.2) is 0 Å². The van der Waals surface area contributed by atoms with Crippen LogP contribution in [0.15, 0.2) is 6.20 Å². The van der Waals surface area contributed by atoms with Gasteiger partial charge in [-0.15, -0.1) is 5.10 Å². The van der Waals surface area contributed by atoms with Crippen LogP contribution in [-0.4, -0.2) is 52.3 Å². The summed E-state index contributed by atoms with van der Waals surface area (Å²) in [6.07, 6.45) is 8.02. The molecule has 1 aliphatic rings. The topological polar surface area (TPSA) is 75.5 Å². The largest absolute Gasteiger partial charge is 0.376 e. The molecular weight excluding hydrogens is 358 g/mol. The van der Waals surface area contributed by atoms with Crippen molar-refractivity contribution in [3.63, 3.8) is 0 Å². The zero-order valence-electron chi connectivity index (χ0n) is 17.9. The van der Waals surface area contributed by atoms with Gasteiger partial charge in [-0.1, -0.05) is 25.5 Å². The lowest BCUT2D eigenvalue weighted by Gasteiger charge is -2.30. The smallest absolute Gasteiger partial charge is 0.135 e. The second-order valence-electron chi connectivity index (χ2n) is 8.24. The van der Waals surface area contributed by atoms with E-state index in [1.165, 1.54) is 0 Å². The number of ketones is 1. The summed E-state index contributed by atoms with van der Waals surface area (Å²) in [6, 6.07) is 0. The second-order valence-corrected chi connectivity index (χ2v) is 8.24. The molecule has 2 heterocycles. The van der Waals surface area contributed by atoms with Crippen LogP contribution in [0.5, 0.6) is 0 Å². The Morgan fingerprint density at radius 2 is 2.11 bits per heavy atom. The monoisotopic (exact) mass is 395 g/mol. The van der Waals surface area contributed by atoms with Gasteiger partial charge in [0, 0.05) is 31.9 Å². The van der Waals surface area contributed by atoms with E-state index in [0.29, 0.717) is 25.4 Å². The van der Waals surface area contributed by atoms with E-state index >= 15 is 0 Å². The number of carbonyl (C=O) groups excluding carboxylic acids is 1. The minimum absolute atomic E-state index is 0.0843. The Balaban J connectivity index is 1.58. The molecule has 7 heteroatoms. The molecule has 1 aliphatic heterocycles. The molecule has 28 heavy (non-hydrogen) atoms. The number of aryl methyl sites for hydroxylation is 1. The molecule has 0 unspecified atom stereocenters. The number of hydrogen-bond acceptors (Lipinski definition) is 6. The Morgan fingerprint density at radius 1 is 1.29 bits per heavy atom. The van der Waals surface area contributed by atoms with E-state index in [1.54, 1.807) is 0 Å². The summed E-state index contributed by atoms with van der Waals surface area (Å²) in [7, 11) is 0. The summed E-state index contributed by atoms with van der Waals surface area (Å²) in [4.78, 5) is 11.6. The summed E-state index contributed by atoms with van der Waals surface area (Å²) in [6.45, 7) is 10.6. The lowest BCUT2D eigenvalue weighted by molar-refractivity contribution is -0.122. The van der Waals surface area contributed by atoms with Gasteiger partial charge >= 0.3 is 0 Å². The van der Waals surface area contributed by atoms with Crippen molar-refractivity contribution in [2.24, 2.45) is 5.92 Å². The highest BCUT2D eigenvalue weighted by Crippen LogP contribution is 2.19. The van der Waals surface area contributed by atoms with Crippen molar-refractivity contribution < 1.29 is 19.0 Å². The fourth-order valence-corrected chi connectivity index (χ4v) is 3.32. The summed E-state index contributed by atoms with van der Waals surface area (Å²) < 4.78 is 19.3. The molecule has 1 saturated heterocycles.